The molecule has 2 heterocycles. The minimum Gasteiger partial charge on any atom is -0.497 e. The van der Waals surface area contributed by atoms with Gasteiger partial charge in [-0.25, -0.2) is 4.79 Å². The number of carbonyl (C=O) groups is 1. The molecule has 28 heavy (non-hydrogen) atoms. The molecule has 2 aliphatic heterocycles. The maximum Gasteiger partial charge on any atom is 0.325 e. The van der Waals surface area contributed by atoms with Gasteiger partial charge in [-0.2, -0.15) is 0 Å². The van der Waals surface area contributed by atoms with Crippen LogP contribution in [0, 0.1) is 10.1 Å². The average molecular weight is 385 g/mol. The van der Waals surface area contributed by atoms with Gasteiger partial charge in [-0.15, -0.1) is 0 Å². The summed E-state index contributed by atoms with van der Waals surface area (Å²) in [5.74, 6) is 1.57. The van der Waals surface area contributed by atoms with Crippen molar-refractivity contribution in [3.63, 3.8) is 0 Å². The normalized spacial score (nSPS) is 22.6. The summed E-state index contributed by atoms with van der Waals surface area (Å²) >= 11 is 0. The first-order chi connectivity index (χ1) is 13.4. The Balaban J connectivity index is 1.78. The minimum absolute atomic E-state index is 0.0422. The lowest BCUT2D eigenvalue weighted by Gasteiger charge is -2.50. The zero-order valence-corrected chi connectivity index (χ0v) is 15.6. The molecule has 9 nitrogen and oxygen atoms in total. The van der Waals surface area contributed by atoms with Crippen molar-refractivity contribution < 1.29 is 23.9 Å². The van der Waals surface area contributed by atoms with Crippen molar-refractivity contribution in [3.05, 3.63) is 52.1 Å². The highest BCUT2D eigenvalue weighted by Gasteiger charge is 2.50. The monoisotopic (exact) mass is 385 g/mol. The highest BCUT2D eigenvalue weighted by atomic mass is 16.6. The summed E-state index contributed by atoms with van der Waals surface area (Å²) in [6.45, 7) is 1.81. The Bertz CT molecular complexity index is 978. The second-order valence-corrected chi connectivity index (χ2v) is 6.84. The third kappa shape index (κ3) is 2.67. The van der Waals surface area contributed by atoms with Gasteiger partial charge in [0, 0.05) is 30.2 Å². The highest BCUT2D eigenvalue weighted by Crippen LogP contribution is 2.48. The summed E-state index contributed by atoms with van der Waals surface area (Å²) in [7, 11) is 3.07. The summed E-state index contributed by atoms with van der Waals surface area (Å²) in [6.07, 6.45) is 0.419. The zero-order valence-electron chi connectivity index (χ0n) is 15.6. The number of ether oxygens (including phenoxy) is 3. The van der Waals surface area contributed by atoms with Crippen LogP contribution >= 0.6 is 0 Å². The third-order valence-corrected chi connectivity index (χ3v) is 5.09. The van der Waals surface area contributed by atoms with E-state index in [4.69, 9.17) is 14.2 Å². The van der Waals surface area contributed by atoms with Gasteiger partial charge in [-0.1, -0.05) is 0 Å². The van der Waals surface area contributed by atoms with Crippen molar-refractivity contribution in [3.8, 4) is 17.2 Å². The number of rotatable bonds is 4. The predicted molar refractivity (Wildman–Crippen MR) is 100 cm³/mol. The quantitative estimate of drug-likeness (QED) is 0.639. The second kappa shape index (κ2) is 6.29. The molecular formula is C19H19N3O6. The lowest BCUT2D eigenvalue weighted by atomic mass is 9.89. The molecule has 4 rings (SSSR count). The number of non-ortho nitro benzene ring substituents is 1. The topological polar surface area (TPSA) is 103 Å². The van der Waals surface area contributed by atoms with Gasteiger partial charge < -0.3 is 19.5 Å². The third-order valence-electron chi connectivity index (χ3n) is 5.09. The number of anilines is 1. The van der Waals surface area contributed by atoms with Gasteiger partial charge in [0.05, 0.1) is 30.9 Å². The molecule has 0 radical (unpaired) electrons. The molecule has 0 saturated carbocycles. The van der Waals surface area contributed by atoms with E-state index in [0.717, 1.165) is 0 Å². The van der Waals surface area contributed by atoms with Gasteiger partial charge in [0.2, 0.25) is 0 Å². The van der Waals surface area contributed by atoms with Crippen LogP contribution in [0.5, 0.6) is 17.2 Å². The van der Waals surface area contributed by atoms with E-state index in [-0.39, 0.29) is 17.8 Å². The fourth-order valence-corrected chi connectivity index (χ4v) is 3.81. The van der Waals surface area contributed by atoms with E-state index in [9.17, 15) is 14.9 Å². The van der Waals surface area contributed by atoms with E-state index in [1.165, 1.54) is 24.1 Å². The largest absolute Gasteiger partial charge is 0.497 e. The molecule has 1 saturated heterocycles. The Morgan fingerprint density at radius 3 is 2.71 bits per heavy atom. The first-order valence-corrected chi connectivity index (χ1v) is 8.66. The van der Waals surface area contributed by atoms with E-state index in [1.54, 1.807) is 31.4 Å². The number of hydrogen-bond donors (Lipinski definition) is 1. The van der Waals surface area contributed by atoms with Crippen molar-refractivity contribution in [2.75, 3.05) is 19.1 Å². The number of nitrogens with zero attached hydrogens (tertiary/aromatic N) is 2. The Labute approximate surface area is 160 Å². The van der Waals surface area contributed by atoms with Crippen LogP contribution in [0.1, 0.15) is 24.9 Å². The van der Waals surface area contributed by atoms with Gasteiger partial charge in [0.15, 0.2) is 5.72 Å². The standard InChI is InChI=1S/C19H19N3O6/c1-19-10-14(13-8-11(22(24)25)4-7-16(13)28-19)20-18(23)21(19)15-6-5-12(26-2)9-17(15)27-3/h4-9,14H,10H2,1-3H3,(H,20,23)/t14-,19+/m0/s1. The smallest absolute Gasteiger partial charge is 0.325 e. The van der Waals surface area contributed by atoms with E-state index in [1.807, 2.05) is 6.92 Å². The van der Waals surface area contributed by atoms with Gasteiger partial charge in [0.25, 0.3) is 5.69 Å². The first kappa shape index (κ1) is 17.9. The van der Waals surface area contributed by atoms with Crippen molar-refractivity contribution in [1.29, 1.82) is 0 Å². The van der Waals surface area contributed by atoms with Gasteiger partial charge in [0.1, 0.15) is 17.2 Å². The molecule has 2 bridgehead atoms. The molecule has 1 N–H and O–H groups in total. The van der Waals surface area contributed by atoms with Crippen LogP contribution in [0.15, 0.2) is 36.4 Å². The molecule has 0 spiro atoms. The molecule has 146 valence electrons. The van der Waals surface area contributed by atoms with Crippen LogP contribution in [0.2, 0.25) is 0 Å². The molecule has 1 fully saturated rings. The molecule has 2 atom stereocenters. The molecule has 2 amide bonds. The molecule has 0 aliphatic carbocycles. The van der Waals surface area contributed by atoms with E-state index in [2.05, 4.69) is 5.32 Å². The minimum atomic E-state index is -0.988. The zero-order chi connectivity index (χ0) is 20.1. The lowest BCUT2D eigenvalue weighted by molar-refractivity contribution is -0.385. The average Bonchev–Trinajstić information content (AvgIpc) is 2.67. The van der Waals surface area contributed by atoms with Crippen molar-refractivity contribution >= 4 is 17.4 Å². The van der Waals surface area contributed by atoms with Crippen LogP contribution in [0.25, 0.3) is 0 Å². The summed E-state index contributed by atoms with van der Waals surface area (Å²) in [4.78, 5) is 25.1. The maximum absolute atomic E-state index is 13.0. The molecule has 9 heteroatoms. The Hall–Kier alpha value is -3.49. The van der Waals surface area contributed by atoms with Crippen LogP contribution in [-0.4, -0.2) is 30.9 Å². The molecular weight excluding hydrogens is 366 g/mol. The van der Waals surface area contributed by atoms with Gasteiger partial charge >= 0.3 is 6.03 Å². The number of nitrogens with one attached hydrogen (secondary N) is 1. The summed E-state index contributed by atoms with van der Waals surface area (Å²) in [5.41, 5.74) is 0.103. The van der Waals surface area contributed by atoms with Gasteiger partial charge in [-0.3, -0.25) is 15.0 Å². The number of methoxy groups -OCH3 is 2. The summed E-state index contributed by atoms with van der Waals surface area (Å²) < 4.78 is 16.8. The first-order valence-electron chi connectivity index (χ1n) is 8.66. The number of nitro groups is 1. The second-order valence-electron chi connectivity index (χ2n) is 6.84. The predicted octanol–water partition coefficient (Wildman–Crippen LogP) is 3.38. The Morgan fingerprint density at radius 2 is 2.04 bits per heavy atom. The van der Waals surface area contributed by atoms with Crippen LogP contribution in [0.4, 0.5) is 16.2 Å². The number of benzene rings is 2. The Kier molecular flexibility index (Phi) is 4.02. The van der Waals surface area contributed by atoms with E-state index in [0.29, 0.717) is 34.9 Å². The van der Waals surface area contributed by atoms with Crippen molar-refractivity contribution in [1.82, 2.24) is 5.32 Å². The molecule has 0 unspecified atom stereocenters. The molecule has 2 aromatic rings. The van der Waals surface area contributed by atoms with Crippen molar-refractivity contribution in [2.45, 2.75) is 25.1 Å². The van der Waals surface area contributed by atoms with Crippen LogP contribution in [-0.2, 0) is 0 Å². The SMILES string of the molecule is COc1ccc(N2C(=O)N[C@H]3C[C@@]2(C)Oc2ccc([N+](=O)[O-])cc23)c(OC)c1. The number of carbonyl (C=O) groups excluding carboxylic acids is 1. The number of nitro benzene ring substituents is 1. The van der Waals surface area contributed by atoms with E-state index >= 15 is 0 Å². The number of hydrogen-bond acceptors (Lipinski definition) is 6. The van der Waals surface area contributed by atoms with E-state index < -0.39 is 10.6 Å². The number of urea groups is 1. The molecule has 2 aliphatic rings. The Morgan fingerprint density at radius 1 is 1.25 bits per heavy atom. The fourth-order valence-electron chi connectivity index (χ4n) is 3.81. The molecule has 0 aromatic heterocycles. The van der Waals surface area contributed by atoms with Crippen LogP contribution in [0.3, 0.4) is 0 Å². The van der Waals surface area contributed by atoms with Crippen LogP contribution < -0.4 is 24.4 Å². The summed E-state index contributed by atoms with van der Waals surface area (Å²) in [6, 6.07) is 8.81. The lowest BCUT2D eigenvalue weighted by Crippen LogP contribution is -2.65. The molecule has 2 aromatic carbocycles. The maximum atomic E-state index is 13.0. The summed E-state index contributed by atoms with van der Waals surface area (Å²) in [5, 5.41) is 14.0. The number of amides is 2. The fraction of sp³-hybridized carbons (Fsp3) is 0.316. The van der Waals surface area contributed by atoms with Crippen molar-refractivity contribution in [2.24, 2.45) is 0 Å². The number of fused-ring (bicyclic) bond motifs is 4. The highest BCUT2D eigenvalue weighted by molar-refractivity contribution is 5.96. The van der Waals surface area contributed by atoms with Gasteiger partial charge in [-0.05, 0) is 25.1 Å².